The van der Waals surface area contributed by atoms with Crippen LogP contribution < -0.4 is 15.2 Å². The zero-order chi connectivity index (χ0) is 10.7. The Morgan fingerprint density at radius 2 is 1.93 bits per heavy atom. The molecule has 0 aliphatic heterocycles. The lowest BCUT2D eigenvalue weighted by molar-refractivity contribution is 0.139. The van der Waals surface area contributed by atoms with Crippen LogP contribution in [0.15, 0.2) is 24.3 Å². The van der Waals surface area contributed by atoms with Crippen LogP contribution in [0.1, 0.15) is 19.3 Å². The van der Waals surface area contributed by atoms with E-state index in [0.717, 1.165) is 24.3 Å². The zero-order valence-electron chi connectivity index (χ0n) is 9.03. The molecule has 0 bridgehead atoms. The molecular weight excluding hydrogens is 190 g/mol. The highest BCUT2D eigenvalue weighted by Gasteiger charge is 2.33. The van der Waals surface area contributed by atoms with Crippen molar-refractivity contribution >= 4 is 0 Å². The number of hydrogen-bond acceptors (Lipinski definition) is 3. The Bertz CT molecular complexity index is 334. The maximum atomic E-state index is 6.08. The molecule has 0 atom stereocenters. The van der Waals surface area contributed by atoms with Gasteiger partial charge in [0.15, 0.2) is 11.5 Å². The topological polar surface area (TPSA) is 44.5 Å². The van der Waals surface area contributed by atoms with Gasteiger partial charge < -0.3 is 15.2 Å². The predicted octanol–water partition coefficient (Wildman–Crippen LogP) is 1.96. The van der Waals surface area contributed by atoms with Gasteiger partial charge in [-0.05, 0) is 31.4 Å². The summed E-state index contributed by atoms with van der Waals surface area (Å²) in [6.45, 7) is 0.577. The minimum atomic E-state index is -0.110. The van der Waals surface area contributed by atoms with Gasteiger partial charge in [0.2, 0.25) is 0 Å². The molecule has 1 aromatic rings. The summed E-state index contributed by atoms with van der Waals surface area (Å²) in [5.74, 6) is 1.54. The molecule has 3 heteroatoms. The first-order valence-corrected chi connectivity index (χ1v) is 5.28. The van der Waals surface area contributed by atoms with Gasteiger partial charge in [-0.25, -0.2) is 0 Å². The van der Waals surface area contributed by atoms with Gasteiger partial charge >= 0.3 is 0 Å². The first kappa shape index (κ1) is 10.3. The lowest BCUT2D eigenvalue weighted by atomic mass is 9.78. The number of para-hydroxylation sites is 2. The van der Waals surface area contributed by atoms with E-state index >= 15 is 0 Å². The number of benzene rings is 1. The third kappa shape index (κ3) is 2.23. The number of rotatable bonds is 4. The van der Waals surface area contributed by atoms with Gasteiger partial charge in [0.25, 0.3) is 0 Å². The molecule has 1 aromatic carbocycles. The standard InChI is InChI=1S/C12H17NO2/c1-14-10-5-2-3-6-11(10)15-9-12(13)7-4-8-12/h2-3,5-6H,4,7-9,13H2,1H3. The second-order valence-electron chi connectivity index (χ2n) is 4.16. The first-order chi connectivity index (χ1) is 7.23. The third-order valence-electron chi connectivity index (χ3n) is 2.93. The molecule has 1 saturated carbocycles. The van der Waals surface area contributed by atoms with E-state index in [2.05, 4.69) is 0 Å². The van der Waals surface area contributed by atoms with Gasteiger partial charge in [-0.3, -0.25) is 0 Å². The minimum Gasteiger partial charge on any atom is -0.493 e. The molecule has 0 radical (unpaired) electrons. The highest BCUT2D eigenvalue weighted by Crippen LogP contribution is 2.32. The maximum absolute atomic E-state index is 6.08. The van der Waals surface area contributed by atoms with Crippen LogP contribution in [-0.2, 0) is 0 Å². The highest BCUT2D eigenvalue weighted by atomic mass is 16.5. The van der Waals surface area contributed by atoms with Gasteiger partial charge in [0.1, 0.15) is 6.61 Å². The van der Waals surface area contributed by atoms with Crippen LogP contribution in [0.5, 0.6) is 11.5 Å². The van der Waals surface area contributed by atoms with Crippen LogP contribution in [0, 0.1) is 0 Å². The maximum Gasteiger partial charge on any atom is 0.161 e. The van der Waals surface area contributed by atoms with Crippen LogP contribution in [-0.4, -0.2) is 19.3 Å². The molecule has 0 unspecified atom stereocenters. The lowest BCUT2D eigenvalue weighted by Crippen LogP contribution is -2.51. The largest absolute Gasteiger partial charge is 0.493 e. The Labute approximate surface area is 90.2 Å². The fourth-order valence-electron chi connectivity index (χ4n) is 1.73. The summed E-state index contributed by atoms with van der Waals surface area (Å²) in [6.07, 6.45) is 3.33. The van der Waals surface area contributed by atoms with Crippen LogP contribution in [0.2, 0.25) is 0 Å². The molecule has 0 aromatic heterocycles. The van der Waals surface area contributed by atoms with Gasteiger partial charge in [-0.15, -0.1) is 0 Å². The molecule has 2 N–H and O–H groups in total. The van der Waals surface area contributed by atoms with E-state index < -0.39 is 0 Å². The van der Waals surface area contributed by atoms with Crippen molar-refractivity contribution in [2.24, 2.45) is 5.73 Å². The Hall–Kier alpha value is -1.22. The fraction of sp³-hybridized carbons (Fsp3) is 0.500. The molecule has 15 heavy (non-hydrogen) atoms. The van der Waals surface area contributed by atoms with Gasteiger partial charge in [0.05, 0.1) is 12.6 Å². The first-order valence-electron chi connectivity index (χ1n) is 5.28. The average Bonchev–Trinajstić information content (AvgIpc) is 2.24. The molecule has 0 heterocycles. The van der Waals surface area contributed by atoms with Crippen molar-refractivity contribution in [3.05, 3.63) is 24.3 Å². The van der Waals surface area contributed by atoms with Crippen molar-refractivity contribution in [1.29, 1.82) is 0 Å². The van der Waals surface area contributed by atoms with E-state index in [1.165, 1.54) is 6.42 Å². The van der Waals surface area contributed by atoms with Crippen molar-refractivity contribution in [2.45, 2.75) is 24.8 Å². The number of nitrogens with two attached hydrogens (primary N) is 1. The van der Waals surface area contributed by atoms with E-state index in [4.69, 9.17) is 15.2 Å². The molecule has 82 valence electrons. The lowest BCUT2D eigenvalue weighted by Gasteiger charge is -2.37. The Morgan fingerprint density at radius 1 is 1.27 bits per heavy atom. The molecule has 2 rings (SSSR count). The molecule has 3 nitrogen and oxygen atoms in total. The van der Waals surface area contributed by atoms with Crippen LogP contribution in [0.4, 0.5) is 0 Å². The smallest absolute Gasteiger partial charge is 0.161 e. The van der Waals surface area contributed by atoms with E-state index in [1.807, 2.05) is 24.3 Å². The molecule has 0 amide bonds. The minimum absolute atomic E-state index is 0.110. The Morgan fingerprint density at radius 3 is 2.47 bits per heavy atom. The Kier molecular flexibility index (Phi) is 2.82. The summed E-state index contributed by atoms with van der Waals surface area (Å²) in [5.41, 5.74) is 5.97. The summed E-state index contributed by atoms with van der Waals surface area (Å²) in [7, 11) is 1.64. The number of hydrogen-bond donors (Lipinski definition) is 1. The normalized spacial score (nSPS) is 18.0. The number of methoxy groups -OCH3 is 1. The van der Waals surface area contributed by atoms with Crippen LogP contribution in [0.25, 0.3) is 0 Å². The van der Waals surface area contributed by atoms with Crippen LogP contribution >= 0.6 is 0 Å². The van der Waals surface area contributed by atoms with E-state index in [9.17, 15) is 0 Å². The average molecular weight is 207 g/mol. The summed E-state index contributed by atoms with van der Waals surface area (Å²) >= 11 is 0. The Balaban J connectivity index is 1.98. The molecule has 1 aliphatic carbocycles. The quantitative estimate of drug-likeness (QED) is 0.820. The molecule has 1 fully saturated rings. The summed E-state index contributed by atoms with van der Waals surface area (Å²) in [5, 5.41) is 0. The second-order valence-corrected chi connectivity index (χ2v) is 4.16. The monoisotopic (exact) mass is 207 g/mol. The summed E-state index contributed by atoms with van der Waals surface area (Å²) < 4.78 is 10.9. The molecule has 0 spiro atoms. The van der Waals surface area contributed by atoms with Gasteiger partial charge in [-0.2, -0.15) is 0 Å². The van der Waals surface area contributed by atoms with Crippen molar-refractivity contribution in [1.82, 2.24) is 0 Å². The molecule has 0 saturated heterocycles. The van der Waals surface area contributed by atoms with Gasteiger partial charge in [0, 0.05) is 0 Å². The van der Waals surface area contributed by atoms with Gasteiger partial charge in [-0.1, -0.05) is 12.1 Å². The summed E-state index contributed by atoms with van der Waals surface area (Å²) in [4.78, 5) is 0. The fourth-order valence-corrected chi connectivity index (χ4v) is 1.73. The second kappa shape index (κ2) is 4.11. The van der Waals surface area contributed by atoms with Crippen molar-refractivity contribution in [3.8, 4) is 11.5 Å². The highest BCUT2D eigenvalue weighted by molar-refractivity contribution is 5.39. The SMILES string of the molecule is COc1ccccc1OCC1(N)CCC1. The zero-order valence-corrected chi connectivity index (χ0v) is 9.03. The number of ether oxygens (including phenoxy) is 2. The van der Waals surface area contributed by atoms with E-state index in [0.29, 0.717) is 6.61 Å². The van der Waals surface area contributed by atoms with Crippen molar-refractivity contribution in [2.75, 3.05) is 13.7 Å². The summed E-state index contributed by atoms with van der Waals surface area (Å²) in [6, 6.07) is 7.65. The van der Waals surface area contributed by atoms with Crippen molar-refractivity contribution in [3.63, 3.8) is 0 Å². The third-order valence-corrected chi connectivity index (χ3v) is 2.93. The molecule has 1 aliphatic rings. The predicted molar refractivity (Wildman–Crippen MR) is 59.3 cm³/mol. The van der Waals surface area contributed by atoms with E-state index in [1.54, 1.807) is 7.11 Å². The van der Waals surface area contributed by atoms with Crippen LogP contribution in [0.3, 0.4) is 0 Å². The van der Waals surface area contributed by atoms with Crippen molar-refractivity contribution < 1.29 is 9.47 Å². The van der Waals surface area contributed by atoms with E-state index in [-0.39, 0.29) is 5.54 Å². The molecular formula is C12H17NO2.